The number of fused-ring (bicyclic) bond motifs is 1. The fourth-order valence-corrected chi connectivity index (χ4v) is 5.55. The van der Waals surface area contributed by atoms with Crippen molar-refractivity contribution < 1.29 is 51.8 Å². The zero-order valence-corrected chi connectivity index (χ0v) is 31.2. The summed E-state index contributed by atoms with van der Waals surface area (Å²) in [5.74, 6) is 3.48. The number of amides is 1. The molecule has 0 fully saturated rings. The van der Waals surface area contributed by atoms with E-state index in [2.05, 4.69) is 5.32 Å². The van der Waals surface area contributed by atoms with Gasteiger partial charge >= 0.3 is 0 Å². The number of nitrogens with one attached hydrogen (secondary N) is 1. The molecule has 0 aliphatic rings. The lowest BCUT2D eigenvalue weighted by atomic mass is 10.1. The van der Waals surface area contributed by atoms with Gasteiger partial charge in [-0.05, 0) is 73.0 Å². The molecule has 0 saturated heterocycles. The molecular formula is C41H43NO12. The van der Waals surface area contributed by atoms with Gasteiger partial charge in [0.15, 0.2) is 28.8 Å². The van der Waals surface area contributed by atoms with Gasteiger partial charge in [0.2, 0.25) is 22.8 Å². The third-order valence-corrected chi connectivity index (χ3v) is 8.29. The van der Waals surface area contributed by atoms with E-state index >= 15 is 0 Å². The summed E-state index contributed by atoms with van der Waals surface area (Å²) >= 11 is 0. The lowest BCUT2D eigenvalue weighted by molar-refractivity contribution is -0.111. The first-order chi connectivity index (χ1) is 26.3. The van der Waals surface area contributed by atoms with Crippen molar-refractivity contribution >= 4 is 28.6 Å². The van der Waals surface area contributed by atoms with Crippen LogP contribution in [0.4, 0.5) is 5.69 Å². The van der Waals surface area contributed by atoms with Crippen LogP contribution in [0.3, 0.4) is 0 Å². The van der Waals surface area contributed by atoms with Gasteiger partial charge in [0.05, 0.1) is 63.0 Å². The summed E-state index contributed by atoms with van der Waals surface area (Å²) in [6.45, 7) is 0.522. The highest BCUT2D eigenvalue weighted by atomic mass is 16.5. The number of methoxy groups -OCH3 is 7. The minimum Gasteiger partial charge on any atom is -0.497 e. The number of unbranched alkanes of at least 4 members (excludes halogenated alkanes) is 1. The van der Waals surface area contributed by atoms with Gasteiger partial charge in [0, 0.05) is 29.5 Å². The topological polar surface area (TPSA) is 142 Å². The Kier molecular flexibility index (Phi) is 13.1. The minimum atomic E-state index is -0.423. The lowest BCUT2D eigenvalue weighted by Gasteiger charge is -2.17. The first-order valence-corrected chi connectivity index (χ1v) is 16.9. The molecule has 1 heterocycles. The molecule has 13 heteroatoms. The van der Waals surface area contributed by atoms with Crippen molar-refractivity contribution in [2.24, 2.45) is 0 Å². The second-order valence-electron chi connectivity index (χ2n) is 11.6. The van der Waals surface area contributed by atoms with Gasteiger partial charge in [-0.1, -0.05) is 6.07 Å². The van der Waals surface area contributed by atoms with Crippen LogP contribution in [0.5, 0.6) is 51.7 Å². The monoisotopic (exact) mass is 741 g/mol. The average Bonchev–Trinajstić information content (AvgIpc) is 3.21. The SMILES string of the molecule is COc1ccc(NC(=O)/C=C/c2ccc(OCCCCOc3c(-c4cc(OC)c(OC)c(OC)c4)oc4cc(OC)cc(OC)c4c3=O)c(OC)c2)cc1. The molecule has 5 rings (SSSR count). The summed E-state index contributed by atoms with van der Waals surface area (Å²) in [6, 6.07) is 19.0. The molecule has 0 aliphatic carbocycles. The van der Waals surface area contributed by atoms with Crippen LogP contribution < -0.4 is 53.4 Å². The van der Waals surface area contributed by atoms with E-state index in [1.807, 2.05) is 6.07 Å². The van der Waals surface area contributed by atoms with E-state index in [1.54, 1.807) is 81.0 Å². The van der Waals surface area contributed by atoms with Crippen LogP contribution in [-0.4, -0.2) is 68.9 Å². The molecule has 0 spiro atoms. The lowest BCUT2D eigenvalue weighted by Crippen LogP contribution is -2.13. The van der Waals surface area contributed by atoms with Crippen LogP contribution >= 0.6 is 0 Å². The molecule has 0 saturated carbocycles. The summed E-state index contributed by atoms with van der Waals surface area (Å²) in [5.41, 5.74) is 1.69. The van der Waals surface area contributed by atoms with Crippen molar-refractivity contribution in [2.45, 2.75) is 12.8 Å². The number of rotatable bonds is 18. The van der Waals surface area contributed by atoms with Gasteiger partial charge in [-0.2, -0.15) is 0 Å². The molecule has 5 aromatic rings. The first kappa shape index (κ1) is 38.7. The Morgan fingerprint density at radius 1 is 0.630 bits per heavy atom. The zero-order chi connectivity index (χ0) is 38.6. The smallest absolute Gasteiger partial charge is 0.248 e. The van der Waals surface area contributed by atoms with E-state index in [-0.39, 0.29) is 40.7 Å². The Morgan fingerprint density at radius 2 is 1.28 bits per heavy atom. The van der Waals surface area contributed by atoms with E-state index in [0.717, 1.165) is 5.56 Å². The number of carbonyl (C=O) groups is 1. The van der Waals surface area contributed by atoms with Gasteiger partial charge in [0.1, 0.15) is 28.2 Å². The normalized spacial score (nSPS) is 10.9. The summed E-state index contributed by atoms with van der Waals surface area (Å²) in [7, 11) is 10.6. The minimum absolute atomic E-state index is 0.0100. The van der Waals surface area contributed by atoms with Crippen LogP contribution in [0.25, 0.3) is 28.4 Å². The van der Waals surface area contributed by atoms with E-state index in [1.165, 1.54) is 41.6 Å². The number of hydrogen-bond acceptors (Lipinski definition) is 12. The Morgan fingerprint density at radius 3 is 1.89 bits per heavy atom. The highest BCUT2D eigenvalue weighted by Crippen LogP contribution is 2.44. The molecule has 0 radical (unpaired) electrons. The third-order valence-electron chi connectivity index (χ3n) is 8.29. The van der Waals surface area contributed by atoms with Crippen molar-refractivity contribution in [3.8, 4) is 63.1 Å². The summed E-state index contributed by atoms with van der Waals surface area (Å²) in [4.78, 5) is 26.5. The molecule has 284 valence electrons. The molecule has 1 aromatic heterocycles. The predicted octanol–water partition coefficient (Wildman–Crippen LogP) is 7.41. The first-order valence-electron chi connectivity index (χ1n) is 16.9. The Hall–Kier alpha value is -6.50. The van der Waals surface area contributed by atoms with Gasteiger partial charge in [-0.25, -0.2) is 0 Å². The molecule has 54 heavy (non-hydrogen) atoms. The standard InChI is InChI=1S/C41H43NO12/c1-45-28-14-12-27(13-15-28)42-36(43)17-11-25-10-16-30(31(20-25)47-3)52-18-8-9-19-53-41-38(44)37-32(48-4)23-29(46-2)24-33(37)54-39(41)26-21-34(49-5)40(51-7)35(22-26)50-6/h10-17,20-24H,8-9,18-19H2,1-7H3,(H,42,43)/b17-11+. The molecule has 0 bridgehead atoms. The summed E-state index contributed by atoms with van der Waals surface area (Å²) < 4.78 is 56.8. The molecule has 13 nitrogen and oxygen atoms in total. The Bertz CT molecular complexity index is 2130. The largest absolute Gasteiger partial charge is 0.497 e. The Balaban J connectivity index is 1.27. The third kappa shape index (κ3) is 8.92. The van der Waals surface area contributed by atoms with Gasteiger partial charge in [-0.15, -0.1) is 0 Å². The van der Waals surface area contributed by atoms with Crippen LogP contribution in [-0.2, 0) is 4.79 Å². The molecule has 1 amide bonds. The number of anilines is 1. The molecule has 0 unspecified atom stereocenters. The van der Waals surface area contributed by atoms with Crippen molar-refractivity contribution in [3.63, 3.8) is 0 Å². The predicted molar refractivity (Wildman–Crippen MR) is 205 cm³/mol. The number of ether oxygens (including phenoxy) is 9. The quantitative estimate of drug-likeness (QED) is 0.0706. The van der Waals surface area contributed by atoms with E-state index < -0.39 is 5.43 Å². The maximum Gasteiger partial charge on any atom is 0.248 e. The van der Waals surface area contributed by atoms with E-state index in [9.17, 15) is 9.59 Å². The second-order valence-corrected chi connectivity index (χ2v) is 11.6. The van der Waals surface area contributed by atoms with Crippen molar-refractivity contribution in [2.75, 3.05) is 68.3 Å². The molecule has 0 aliphatic heterocycles. The molecule has 4 aromatic carbocycles. The van der Waals surface area contributed by atoms with Crippen molar-refractivity contribution in [3.05, 3.63) is 88.6 Å². The molecule has 1 N–H and O–H groups in total. The van der Waals surface area contributed by atoms with Crippen molar-refractivity contribution in [1.82, 2.24) is 0 Å². The van der Waals surface area contributed by atoms with Crippen LogP contribution in [0.15, 0.2) is 82.0 Å². The van der Waals surface area contributed by atoms with E-state index in [4.69, 9.17) is 47.0 Å². The number of hydrogen-bond donors (Lipinski definition) is 1. The maximum atomic E-state index is 14.1. The van der Waals surface area contributed by atoms with Gasteiger partial charge in [0.25, 0.3) is 0 Å². The van der Waals surface area contributed by atoms with Gasteiger partial charge in [-0.3, -0.25) is 9.59 Å². The number of carbonyl (C=O) groups excluding carboxylic acids is 1. The summed E-state index contributed by atoms with van der Waals surface area (Å²) in [6.07, 6.45) is 4.26. The molecular weight excluding hydrogens is 698 g/mol. The Labute approximate surface area is 312 Å². The molecule has 0 atom stereocenters. The fourth-order valence-electron chi connectivity index (χ4n) is 5.55. The summed E-state index contributed by atoms with van der Waals surface area (Å²) in [5, 5.41) is 3.01. The fraction of sp³-hybridized carbons (Fsp3) is 0.268. The zero-order valence-electron chi connectivity index (χ0n) is 31.2. The van der Waals surface area contributed by atoms with Crippen molar-refractivity contribution in [1.29, 1.82) is 0 Å². The highest BCUT2D eigenvalue weighted by molar-refractivity contribution is 6.02. The average molecular weight is 742 g/mol. The van der Waals surface area contributed by atoms with Crippen LogP contribution in [0, 0.1) is 0 Å². The highest BCUT2D eigenvalue weighted by Gasteiger charge is 2.24. The van der Waals surface area contributed by atoms with Crippen LogP contribution in [0.1, 0.15) is 18.4 Å². The van der Waals surface area contributed by atoms with Gasteiger partial charge < -0.3 is 52.4 Å². The number of benzene rings is 4. The van der Waals surface area contributed by atoms with E-state index in [0.29, 0.717) is 70.9 Å². The maximum absolute atomic E-state index is 14.1. The van der Waals surface area contributed by atoms with Crippen LogP contribution in [0.2, 0.25) is 0 Å². The second kappa shape index (κ2) is 18.3.